The first-order valence-electron chi connectivity index (χ1n) is 9.14. The van der Waals surface area contributed by atoms with Crippen molar-refractivity contribution in [2.24, 2.45) is 0 Å². The summed E-state index contributed by atoms with van der Waals surface area (Å²) in [6.45, 7) is 2.08. The predicted molar refractivity (Wildman–Crippen MR) is 104 cm³/mol. The van der Waals surface area contributed by atoms with Crippen LogP contribution in [0.15, 0.2) is 48.5 Å². The molecule has 1 aliphatic rings. The molecule has 0 atom stereocenters. The molecule has 1 N–H and O–H groups in total. The monoisotopic (exact) mass is 345 g/mol. The number of aromatic nitrogens is 2. The van der Waals surface area contributed by atoms with Crippen LogP contribution in [0.4, 0.5) is 0 Å². The first-order valence-corrected chi connectivity index (χ1v) is 9.14. The normalized spacial score (nSPS) is 12.8. The van der Waals surface area contributed by atoms with Crippen molar-refractivity contribution in [3.05, 3.63) is 71.2 Å². The smallest absolute Gasteiger partial charge is 0.225 e. The van der Waals surface area contributed by atoms with Gasteiger partial charge in [-0.15, -0.1) is 0 Å². The third-order valence-electron chi connectivity index (χ3n) is 5.05. The van der Waals surface area contributed by atoms with Crippen molar-refractivity contribution in [1.29, 1.82) is 0 Å². The Balaban J connectivity index is 1.95. The van der Waals surface area contributed by atoms with Gasteiger partial charge in [0, 0.05) is 19.0 Å². The minimum atomic E-state index is 0.00258. The van der Waals surface area contributed by atoms with Gasteiger partial charge in [-0.05, 0) is 31.4 Å². The zero-order chi connectivity index (χ0) is 18.1. The standard InChI is InChI=1S/C22H23N3O/c1-15-10-12-17(13-11-15)22-19(14-21(26)23-2)25-18-8-4-3-6-16(18)7-5-9-20(25)24-22/h3-4,6,8,10-13H,5,7,9,14H2,1-2H3,(H,23,26). The second-order valence-electron chi connectivity index (χ2n) is 6.86. The summed E-state index contributed by atoms with van der Waals surface area (Å²) in [7, 11) is 1.68. The lowest BCUT2D eigenvalue weighted by molar-refractivity contribution is -0.120. The molecule has 0 bridgehead atoms. The fourth-order valence-electron chi connectivity index (χ4n) is 3.68. The number of nitrogens with zero attached hydrogens (tertiary/aromatic N) is 2. The number of rotatable bonds is 3. The number of para-hydroxylation sites is 1. The van der Waals surface area contributed by atoms with Gasteiger partial charge in [0.05, 0.1) is 23.5 Å². The van der Waals surface area contributed by atoms with Gasteiger partial charge in [0.1, 0.15) is 5.82 Å². The molecular weight excluding hydrogens is 322 g/mol. The maximum atomic E-state index is 12.2. The van der Waals surface area contributed by atoms with Crippen molar-refractivity contribution in [3.63, 3.8) is 0 Å². The van der Waals surface area contributed by atoms with E-state index in [0.29, 0.717) is 6.42 Å². The average Bonchev–Trinajstić information content (AvgIpc) is 2.90. The highest BCUT2D eigenvalue weighted by Gasteiger charge is 2.24. The minimum Gasteiger partial charge on any atom is -0.359 e. The molecule has 26 heavy (non-hydrogen) atoms. The predicted octanol–water partition coefficient (Wildman–Crippen LogP) is 3.62. The van der Waals surface area contributed by atoms with Gasteiger partial charge < -0.3 is 5.32 Å². The number of hydrogen-bond acceptors (Lipinski definition) is 2. The molecule has 0 spiro atoms. The van der Waals surface area contributed by atoms with Gasteiger partial charge in [0.15, 0.2) is 0 Å². The Morgan fingerprint density at radius 1 is 1.12 bits per heavy atom. The number of hydrogen-bond donors (Lipinski definition) is 1. The van der Waals surface area contributed by atoms with Crippen molar-refractivity contribution in [1.82, 2.24) is 14.9 Å². The van der Waals surface area contributed by atoms with E-state index < -0.39 is 0 Å². The summed E-state index contributed by atoms with van der Waals surface area (Å²) in [6, 6.07) is 16.8. The molecule has 0 aliphatic carbocycles. The molecule has 0 saturated carbocycles. The zero-order valence-electron chi connectivity index (χ0n) is 15.2. The van der Waals surface area contributed by atoms with E-state index >= 15 is 0 Å². The summed E-state index contributed by atoms with van der Waals surface area (Å²) in [6.07, 6.45) is 3.35. The van der Waals surface area contributed by atoms with E-state index in [1.807, 2.05) is 0 Å². The van der Waals surface area contributed by atoms with Gasteiger partial charge in [0.2, 0.25) is 5.91 Å². The van der Waals surface area contributed by atoms with Crippen LogP contribution in [0.1, 0.15) is 29.1 Å². The molecule has 1 aromatic heterocycles. The van der Waals surface area contributed by atoms with Crippen LogP contribution in [0.3, 0.4) is 0 Å². The van der Waals surface area contributed by atoms with Crippen LogP contribution in [-0.4, -0.2) is 22.5 Å². The van der Waals surface area contributed by atoms with Crippen molar-refractivity contribution in [3.8, 4) is 16.9 Å². The fourth-order valence-corrected chi connectivity index (χ4v) is 3.68. The lowest BCUT2D eigenvalue weighted by Gasteiger charge is -2.14. The Labute approximate surface area is 153 Å². The van der Waals surface area contributed by atoms with Gasteiger partial charge in [-0.2, -0.15) is 0 Å². The lowest BCUT2D eigenvalue weighted by atomic mass is 10.0. The number of nitrogens with one attached hydrogen (secondary N) is 1. The molecule has 2 heterocycles. The van der Waals surface area contributed by atoms with Crippen LogP contribution in [0.2, 0.25) is 0 Å². The van der Waals surface area contributed by atoms with E-state index in [1.54, 1.807) is 7.05 Å². The van der Waals surface area contributed by atoms with Crippen LogP contribution in [0.25, 0.3) is 16.9 Å². The molecule has 4 nitrogen and oxygen atoms in total. The molecule has 0 fully saturated rings. The summed E-state index contributed by atoms with van der Waals surface area (Å²) in [4.78, 5) is 17.2. The highest BCUT2D eigenvalue weighted by molar-refractivity contribution is 5.81. The third kappa shape index (κ3) is 2.92. The zero-order valence-corrected chi connectivity index (χ0v) is 15.2. The van der Waals surface area contributed by atoms with Crippen molar-refractivity contribution in [2.45, 2.75) is 32.6 Å². The Kier molecular flexibility index (Phi) is 4.33. The number of imidazole rings is 1. The summed E-state index contributed by atoms with van der Waals surface area (Å²) in [5.41, 5.74) is 6.64. The molecule has 1 amide bonds. The lowest BCUT2D eigenvalue weighted by Crippen LogP contribution is -2.22. The van der Waals surface area contributed by atoms with Gasteiger partial charge in [0.25, 0.3) is 0 Å². The van der Waals surface area contributed by atoms with Crippen LogP contribution < -0.4 is 5.32 Å². The second-order valence-corrected chi connectivity index (χ2v) is 6.86. The Bertz CT molecular complexity index is 954. The third-order valence-corrected chi connectivity index (χ3v) is 5.05. The van der Waals surface area contributed by atoms with Crippen LogP contribution in [0.5, 0.6) is 0 Å². The second kappa shape index (κ2) is 6.79. The molecule has 132 valence electrons. The highest BCUT2D eigenvalue weighted by atomic mass is 16.1. The first kappa shape index (κ1) is 16.6. The largest absolute Gasteiger partial charge is 0.359 e. The van der Waals surface area contributed by atoms with Gasteiger partial charge in [-0.1, -0.05) is 48.0 Å². The topological polar surface area (TPSA) is 46.9 Å². The Morgan fingerprint density at radius 2 is 1.88 bits per heavy atom. The SMILES string of the molecule is CNC(=O)Cc1c(-c2ccc(C)cc2)nc2n1-c1ccccc1CCC2. The number of likely N-dealkylation sites (N-methyl/N-ethyl adjacent to an activating group) is 1. The number of fused-ring (bicyclic) bond motifs is 3. The maximum absolute atomic E-state index is 12.2. The molecule has 2 aromatic carbocycles. The summed E-state index contributed by atoms with van der Waals surface area (Å²) in [5, 5.41) is 2.76. The average molecular weight is 345 g/mol. The van der Waals surface area contributed by atoms with Crippen molar-refractivity contribution in [2.75, 3.05) is 7.05 Å². The number of benzene rings is 2. The maximum Gasteiger partial charge on any atom is 0.225 e. The summed E-state index contributed by atoms with van der Waals surface area (Å²) < 4.78 is 2.22. The molecule has 3 aromatic rings. The van der Waals surface area contributed by atoms with E-state index in [-0.39, 0.29) is 5.91 Å². The molecule has 0 unspecified atom stereocenters. The quantitative estimate of drug-likeness (QED) is 0.788. The van der Waals surface area contributed by atoms with E-state index in [9.17, 15) is 4.79 Å². The number of carbonyl (C=O) groups excluding carboxylic acids is 1. The molecule has 4 rings (SSSR count). The van der Waals surface area contributed by atoms with E-state index in [4.69, 9.17) is 4.98 Å². The molecule has 1 aliphatic heterocycles. The van der Waals surface area contributed by atoms with E-state index in [0.717, 1.165) is 47.7 Å². The molecule has 0 saturated heterocycles. The van der Waals surface area contributed by atoms with Gasteiger partial charge >= 0.3 is 0 Å². The van der Waals surface area contributed by atoms with Gasteiger partial charge in [-0.3, -0.25) is 9.36 Å². The molecular formula is C22H23N3O. The van der Waals surface area contributed by atoms with Crippen LogP contribution in [0, 0.1) is 6.92 Å². The van der Waals surface area contributed by atoms with Crippen molar-refractivity contribution < 1.29 is 4.79 Å². The fraction of sp³-hybridized carbons (Fsp3) is 0.273. The minimum absolute atomic E-state index is 0.00258. The summed E-state index contributed by atoms with van der Waals surface area (Å²) >= 11 is 0. The highest BCUT2D eigenvalue weighted by Crippen LogP contribution is 2.32. The van der Waals surface area contributed by atoms with Crippen molar-refractivity contribution >= 4 is 5.91 Å². The number of carbonyl (C=O) groups is 1. The Hall–Kier alpha value is -2.88. The van der Waals surface area contributed by atoms with Gasteiger partial charge in [-0.25, -0.2) is 4.98 Å². The number of aryl methyl sites for hydroxylation is 3. The molecule has 0 radical (unpaired) electrons. The van der Waals surface area contributed by atoms with Crippen LogP contribution >= 0.6 is 0 Å². The van der Waals surface area contributed by atoms with E-state index in [2.05, 4.69) is 65.3 Å². The number of amides is 1. The Morgan fingerprint density at radius 3 is 2.65 bits per heavy atom. The summed E-state index contributed by atoms with van der Waals surface area (Å²) in [5.74, 6) is 1.05. The molecule has 4 heteroatoms. The van der Waals surface area contributed by atoms with E-state index in [1.165, 1.54) is 11.1 Å². The van der Waals surface area contributed by atoms with Crippen LogP contribution in [-0.2, 0) is 24.1 Å². The first-order chi connectivity index (χ1) is 12.7.